The van der Waals surface area contributed by atoms with Crippen LogP contribution in [0.1, 0.15) is 56.2 Å². The Hall–Kier alpha value is -4.21. The lowest BCUT2D eigenvalue weighted by Crippen LogP contribution is -2.09. The normalized spacial score (nSPS) is 12.0. The predicted octanol–water partition coefficient (Wildman–Crippen LogP) is 11.3. The molecular formula is C38H34N2S. The molecule has 2 aromatic heterocycles. The quantitative estimate of drug-likeness (QED) is 0.208. The monoisotopic (exact) mass is 550 g/mol. The summed E-state index contributed by atoms with van der Waals surface area (Å²) in [6.07, 6.45) is 0. The summed E-state index contributed by atoms with van der Waals surface area (Å²) in [5.41, 5.74) is 11.2. The van der Waals surface area contributed by atoms with Crippen molar-refractivity contribution in [3.8, 4) is 28.2 Å². The van der Waals surface area contributed by atoms with E-state index in [0.717, 1.165) is 16.9 Å². The fourth-order valence-electron chi connectivity index (χ4n) is 6.22. The molecule has 0 atom stereocenters. The van der Waals surface area contributed by atoms with Crippen LogP contribution in [0, 0.1) is 6.92 Å². The third-order valence-corrected chi connectivity index (χ3v) is 9.48. The Morgan fingerprint density at radius 1 is 0.683 bits per heavy atom. The molecule has 7 aromatic rings. The Balaban J connectivity index is 1.61. The minimum atomic E-state index is 0.336. The van der Waals surface area contributed by atoms with Crippen molar-refractivity contribution in [3.05, 3.63) is 120 Å². The molecule has 0 radical (unpaired) electrons. The van der Waals surface area contributed by atoms with E-state index in [4.69, 9.17) is 4.98 Å². The largest absolute Gasteiger partial charge is 0.292 e. The summed E-state index contributed by atoms with van der Waals surface area (Å²) in [5.74, 6) is 1.68. The molecule has 41 heavy (non-hydrogen) atoms. The van der Waals surface area contributed by atoms with Crippen LogP contribution in [0.3, 0.4) is 0 Å². The summed E-state index contributed by atoms with van der Waals surface area (Å²) in [7, 11) is 0. The Bertz CT molecular complexity index is 2030. The van der Waals surface area contributed by atoms with Crippen LogP contribution in [0.4, 0.5) is 0 Å². The minimum Gasteiger partial charge on any atom is -0.292 e. The molecule has 0 bridgehead atoms. The molecule has 0 saturated carbocycles. The van der Waals surface area contributed by atoms with E-state index in [0.29, 0.717) is 11.8 Å². The maximum atomic E-state index is 5.36. The van der Waals surface area contributed by atoms with Crippen LogP contribution >= 0.6 is 11.3 Å². The van der Waals surface area contributed by atoms with Crippen molar-refractivity contribution in [2.24, 2.45) is 0 Å². The van der Waals surface area contributed by atoms with E-state index < -0.39 is 0 Å². The molecule has 7 rings (SSSR count). The zero-order valence-electron chi connectivity index (χ0n) is 24.3. The number of benzene rings is 5. The molecule has 0 saturated heterocycles. The number of hydrogen-bond donors (Lipinski definition) is 0. The van der Waals surface area contributed by atoms with Gasteiger partial charge in [-0.25, -0.2) is 4.98 Å². The Labute approximate surface area is 245 Å². The van der Waals surface area contributed by atoms with Gasteiger partial charge in [0.05, 0.1) is 16.7 Å². The van der Waals surface area contributed by atoms with Gasteiger partial charge in [-0.05, 0) is 83.0 Å². The highest BCUT2D eigenvalue weighted by Crippen LogP contribution is 2.44. The molecular weight excluding hydrogens is 516 g/mol. The maximum Gasteiger partial charge on any atom is 0.147 e. The van der Waals surface area contributed by atoms with Crippen LogP contribution in [0.25, 0.3) is 59.4 Å². The van der Waals surface area contributed by atoms with Gasteiger partial charge in [-0.3, -0.25) is 4.57 Å². The van der Waals surface area contributed by atoms with Crippen LogP contribution in [-0.2, 0) is 0 Å². The highest BCUT2D eigenvalue weighted by atomic mass is 32.1. The summed E-state index contributed by atoms with van der Waals surface area (Å²) in [5, 5.41) is 2.67. The second-order valence-electron chi connectivity index (χ2n) is 11.7. The average Bonchev–Trinajstić information content (AvgIpc) is 3.56. The van der Waals surface area contributed by atoms with Crippen molar-refractivity contribution >= 4 is 42.5 Å². The zero-order chi connectivity index (χ0) is 28.2. The standard InChI is InChI=1S/C38H34N2S/c1-23(2)30-21-27(26-13-7-6-8-14-26)22-31(24(3)4)36(30)40-33-17-11-10-16-32(33)39-38(40)29-20-19-25(5)35-28-15-9-12-18-34(28)41-37(29)35/h6-24H,1-5H3. The van der Waals surface area contributed by atoms with E-state index in [1.165, 1.54) is 59.2 Å². The van der Waals surface area contributed by atoms with E-state index in [-0.39, 0.29) is 0 Å². The van der Waals surface area contributed by atoms with Crippen molar-refractivity contribution < 1.29 is 0 Å². The number of thiophene rings is 1. The Morgan fingerprint density at radius 3 is 2.07 bits per heavy atom. The molecule has 2 heterocycles. The SMILES string of the molecule is Cc1ccc(-c2nc3ccccc3n2-c2c(C(C)C)cc(-c3ccccc3)cc2C(C)C)c2sc3ccccc3c12. The van der Waals surface area contributed by atoms with Gasteiger partial charge in [0.15, 0.2) is 0 Å². The molecule has 2 nitrogen and oxygen atoms in total. The number of imidazole rings is 1. The molecule has 0 spiro atoms. The second-order valence-corrected chi connectivity index (χ2v) is 12.7. The van der Waals surface area contributed by atoms with Crippen LogP contribution in [-0.4, -0.2) is 9.55 Å². The number of hydrogen-bond acceptors (Lipinski definition) is 2. The third-order valence-electron chi connectivity index (χ3n) is 8.28. The van der Waals surface area contributed by atoms with Crippen molar-refractivity contribution in [3.63, 3.8) is 0 Å². The summed E-state index contributed by atoms with van der Waals surface area (Å²) >= 11 is 1.88. The molecule has 5 aromatic carbocycles. The van der Waals surface area contributed by atoms with E-state index in [1.807, 2.05) is 11.3 Å². The highest BCUT2D eigenvalue weighted by molar-refractivity contribution is 7.26. The van der Waals surface area contributed by atoms with Crippen molar-refractivity contribution in [1.29, 1.82) is 0 Å². The second kappa shape index (κ2) is 10.0. The van der Waals surface area contributed by atoms with Gasteiger partial charge in [0.1, 0.15) is 5.82 Å². The van der Waals surface area contributed by atoms with Gasteiger partial charge in [-0.15, -0.1) is 11.3 Å². The van der Waals surface area contributed by atoms with E-state index in [9.17, 15) is 0 Å². The van der Waals surface area contributed by atoms with Gasteiger partial charge in [0.25, 0.3) is 0 Å². The molecule has 0 aliphatic heterocycles. The third kappa shape index (κ3) is 4.19. The molecule has 0 aliphatic carbocycles. The van der Waals surface area contributed by atoms with Gasteiger partial charge in [0.2, 0.25) is 0 Å². The van der Waals surface area contributed by atoms with Crippen molar-refractivity contribution in [2.45, 2.75) is 46.5 Å². The fourth-order valence-corrected chi connectivity index (χ4v) is 7.51. The van der Waals surface area contributed by atoms with Crippen LogP contribution in [0.5, 0.6) is 0 Å². The lowest BCUT2D eigenvalue weighted by molar-refractivity contribution is 0.812. The Morgan fingerprint density at radius 2 is 1.34 bits per heavy atom. The van der Waals surface area contributed by atoms with Gasteiger partial charge in [-0.1, -0.05) is 94.4 Å². The van der Waals surface area contributed by atoms with Gasteiger partial charge >= 0.3 is 0 Å². The maximum absolute atomic E-state index is 5.36. The van der Waals surface area contributed by atoms with Crippen molar-refractivity contribution in [2.75, 3.05) is 0 Å². The molecule has 0 unspecified atom stereocenters. The van der Waals surface area contributed by atoms with Crippen molar-refractivity contribution in [1.82, 2.24) is 9.55 Å². The lowest BCUT2D eigenvalue weighted by Gasteiger charge is -2.24. The predicted molar refractivity (Wildman–Crippen MR) is 178 cm³/mol. The number of nitrogens with zero attached hydrogens (tertiary/aromatic N) is 2. The smallest absolute Gasteiger partial charge is 0.147 e. The topological polar surface area (TPSA) is 17.8 Å². The first-order valence-corrected chi connectivity index (χ1v) is 15.4. The fraction of sp³-hybridized carbons (Fsp3) is 0.184. The molecule has 0 fully saturated rings. The van der Waals surface area contributed by atoms with Gasteiger partial charge in [0, 0.05) is 25.7 Å². The summed E-state index contributed by atoms with van der Waals surface area (Å²) in [6.45, 7) is 11.5. The number of rotatable bonds is 5. The molecule has 202 valence electrons. The molecule has 3 heteroatoms. The van der Waals surface area contributed by atoms with Gasteiger partial charge in [-0.2, -0.15) is 0 Å². The number of fused-ring (bicyclic) bond motifs is 4. The van der Waals surface area contributed by atoms with E-state index in [1.54, 1.807) is 0 Å². The first kappa shape index (κ1) is 25.7. The molecule has 0 N–H and O–H groups in total. The summed E-state index contributed by atoms with van der Waals surface area (Å²) in [6, 6.07) is 37.5. The van der Waals surface area contributed by atoms with Crippen LogP contribution in [0.2, 0.25) is 0 Å². The molecule has 0 amide bonds. The van der Waals surface area contributed by atoms with E-state index in [2.05, 4.69) is 142 Å². The highest BCUT2D eigenvalue weighted by Gasteiger charge is 2.25. The number of aromatic nitrogens is 2. The zero-order valence-corrected chi connectivity index (χ0v) is 25.1. The number of para-hydroxylation sites is 2. The molecule has 0 aliphatic rings. The Kier molecular flexibility index (Phi) is 6.28. The lowest BCUT2D eigenvalue weighted by atomic mass is 9.88. The first-order chi connectivity index (χ1) is 19.9. The first-order valence-electron chi connectivity index (χ1n) is 14.5. The number of aryl methyl sites for hydroxylation is 1. The summed E-state index contributed by atoms with van der Waals surface area (Å²) in [4.78, 5) is 5.36. The van der Waals surface area contributed by atoms with E-state index >= 15 is 0 Å². The minimum absolute atomic E-state index is 0.336. The summed E-state index contributed by atoms with van der Waals surface area (Å²) < 4.78 is 5.09. The average molecular weight is 551 g/mol. The van der Waals surface area contributed by atoms with Crippen LogP contribution < -0.4 is 0 Å². The van der Waals surface area contributed by atoms with Gasteiger partial charge < -0.3 is 0 Å². The van der Waals surface area contributed by atoms with Crippen LogP contribution in [0.15, 0.2) is 103 Å².